The lowest BCUT2D eigenvalue weighted by Crippen LogP contribution is -2.35. The van der Waals surface area contributed by atoms with E-state index < -0.39 is 0 Å². The molecule has 0 amide bonds. The highest BCUT2D eigenvalue weighted by atomic mass is 16.5. The molecule has 2 rings (SSSR count). The van der Waals surface area contributed by atoms with Gasteiger partial charge in [-0.25, -0.2) is 0 Å². The molecule has 1 heterocycles. The van der Waals surface area contributed by atoms with Crippen molar-refractivity contribution >= 4 is 5.84 Å². The monoisotopic (exact) mass is 263 g/mol. The first-order valence-electron chi connectivity index (χ1n) is 6.63. The van der Waals surface area contributed by atoms with Gasteiger partial charge >= 0.3 is 0 Å². The van der Waals surface area contributed by atoms with Gasteiger partial charge in [0, 0.05) is 18.2 Å². The van der Waals surface area contributed by atoms with Crippen molar-refractivity contribution in [3.05, 3.63) is 29.8 Å². The zero-order valence-corrected chi connectivity index (χ0v) is 11.0. The Hall–Kier alpha value is -1.59. The van der Waals surface area contributed by atoms with Gasteiger partial charge in [-0.2, -0.15) is 0 Å². The van der Waals surface area contributed by atoms with Gasteiger partial charge in [0.15, 0.2) is 0 Å². The van der Waals surface area contributed by atoms with Crippen molar-refractivity contribution in [1.29, 1.82) is 5.41 Å². The number of nitrogens with two attached hydrogens (primary N) is 1. The molecule has 5 nitrogen and oxygen atoms in total. The fraction of sp³-hybridized carbons (Fsp3) is 0.500. The Labute approximate surface area is 113 Å². The number of benzene rings is 1. The molecule has 0 aliphatic carbocycles. The summed E-state index contributed by atoms with van der Waals surface area (Å²) in [7, 11) is 0. The van der Waals surface area contributed by atoms with Gasteiger partial charge in [0.2, 0.25) is 0 Å². The van der Waals surface area contributed by atoms with Crippen molar-refractivity contribution in [3.63, 3.8) is 0 Å². The number of hydrogen-bond donors (Lipinski definition) is 3. The second kappa shape index (κ2) is 6.54. The van der Waals surface area contributed by atoms with Crippen LogP contribution in [0.15, 0.2) is 24.3 Å². The lowest BCUT2D eigenvalue weighted by Gasteiger charge is -2.22. The predicted molar refractivity (Wildman–Crippen MR) is 74.6 cm³/mol. The summed E-state index contributed by atoms with van der Waals surface area (Å²) in [6.07, 6.45) is 2.22. The van der Waals surface area contributed by atoms with Crippen molar-refractivity contribution in [2.24, 2.45) is 5.73 Å². The van der Waals surface area contributed by atoms with Crippen LogP contribution in [0.2, 0.25) is 0 Å². The summed E-state index contributed by atoms with van der Waals surface area (Å²) < 4.78 is 5.66. The predicted octanol–water partition coefficient (Wildman–Crippen LogP) is 0.806. The molecule has 1 aliphatic heterocycles. The molecule has 1 aromatic carbocycles. The zero-order valence-electron chi connectivity index (χ0n) is 11.0. The van der Waals surface area contributed by atoms with E-state index in [4.69, 9.17) is 15.9 Å². The molecule has 19 heavy (non-hydrogen) atoms. The third-order valence-corrected chi connectivity index (χ3v) is 3.52. The van der Waals surface area contributed by atoms with Crippen molar-refractivity contribution in [2.45, 2.75) is 18.9 Å². The van der Waals surface area contributed by atoms with Crippen LogP contribution in [0.5, 0.6) is 5.75 Å². The van der Waals surface area contributed by atoms with Gasteiger partial charge in [-0.05, 0) is 43.7 Å². The van der Waals surface area contributed by atoms with E-state index in [2.05, 4.69) is 4.90 Å². The molecule has 0 saturated carbocycles. The van der Waals surface area contributed by atoms with E-state index in [1.807, 2.05) is 12.1 Å². The van der Waals surface area contributed by atoms with Crippen LogP contribution in [-0.2, 0) is 0 Å². The number of aliphatic hydroxyl groups excluding tert-OH is 1. The lowest BCUT2D eigenvalue weighted by atomic mass is 10.2. The van der Waals surface area contributed by atoms with Crippen LogP contribution in [-0.4, -0.2) is 48.2 Å². The molecule has 5 heteroatoms. The maximum atomic E-state index is 9.22. The normalized spacial score (nSPS) is 19.5. The van der Waals surface area contributed by atoms with E-state index in [0.717, 1.165) is 31.7 Å². The van der Waals surface area contributed by atoms with Gasteiger partial charge < -0.3 is 15.6 Å². The van der Waals surface area contributed by atoms with Crippen molar-refractivity contribution in [1.82, 2.24) is 4.90 Å². The number of nitrogens with one attached hydrogen (secondary N) is 1. The molecular weight excluding hydrogens is 242 g/mol. The van der Waals surface area contributed by atoms with Crippen LogP contribution in [0.3, 0.4) is 0 Å². The van der Waals surface area contributed by atoms with Crippen LogP contribution in [0.1, 0.15) is 18.4 Å². The first kappa shape index (κ1) is 13.8. The molecule has 1 unspecified atom stereocenters. The molecule has 0 aromatic heterocycles. The summed E-state index contributed by atoms with van der Waals surface area (Å²) >= 11 is 0. The number of nitrogen functional groups attached to an aromatic ring is 1. The zero-order chi connectivity index (χ0) is 13.7. The number of likely N-dealkylation sites (tertiary alicyclic amines) is 1. The van der Waals surface area contributed by atoms with Crippen LogP contribution in [0.4, 0.5) is 0 Å². The van der Waals surface area contributed by atoms with E-state index in [1.165, 1.54) is 0 Å². The molecule has 1 atom stereocenters. The minimum Gasteiger partial charge on any atom is -0.492 e. The average Bonchev–Trinajstić information content (AvgIpc) is 2.87. The SMILES string of the molecule is N=C(N)c1ccc(OCCN2CCCC2CO)cc1. The topological polar surface area (TPSA) is 82.6 Å². The highest BCUT2D eigenvalue weighted by Gasteiger charge is 2.22. The summed E-state index contributed by atoms with van der Waals surface area (Å²) in [4.78, 5) is 2.27. The standard InChI is InChI=1S/C14H21N3O2/c15-14(16)11-3-5-13(6-4-11)19-9-8-17-7-1-2-12(17)10-18/h3-6,12,18H,1-2,7-10H2,(H3,15,16). The molecular formula is C14H21N3O2. The summed E-state index contributed by atoms with van der Waals surface area (Å²) in [5.74, 6) is 0.846. The van der Waals surface area contributed by atoms with Crippen LogP contribution >= 0.6 is 0 Å². The van der Waals surface area contributed by atoms with Crippen molar-refractivity contribution in [3.8, 4) is 5.75 Å². The quantitative estimate of drug-likeness (QED) is 0.524. The van der Waals surface area contributed by atoms with E-state index in [9.17, 15) is 5.11 Å². The molecule has 0 radical (unpaired) electrons. The van der Waals surface area contributed by atoms with Crippen LogP contribution < -0.4 is 10.5 Å². The lowest BCUT2D eigenvalue weighted by molar-refractivity contribution is 0.139. The van der Waals surface area contributed by atoms with Gasteiger partial charge in [-0.1, -0.05) is 0 Å². The number of hydrogen-bond acceptors (Lipinski definition) is 4. The Morgan fingerprint density at radius 3 is 2.79 bits per heavy atom. The second-order valence-corrected chi connectivity index (χ2v) is 4.80. The Balaban J connectivity index is 1.77. The molecule has 104 valence electrons. The summed E-state index contributed by atoms with van der Waals surface area (Å²) in [5.41, 5.74) is 6.09. The second-order valence-electron chi connectivity index (χ2n) is 4.80. The molecule has 1 saturated heterocycles. The maximum Gasteiger partial charge on any atom is 0.122 e. The van der Waals surface area contributed by atoms with E-state index in [-0.39, 0.29) is 12.4 Å². The molecule has 1 aromatic rings. The summed E-state index contributed by atoms with van der Waals surface area (Å²) in [6, 6.07) is 7.51. The third-order valence-electron chi connectivity index (χ3n) is 3.52. The molecule has 1 fully saturated rings. The minimum atomic E-state index is 0.0643. The molecule has 0 spiro atoms. The van der Waals surface area contributed by atoms with E-state index in [0.29, 0.717) is 18.2 Å². The number of aliphatic hydroxyl groups is 1. The summed E-state index contributed by atoms with van der Waals surface area (Å²) in [5, 5.41) is 16.5. The van der Waals surface area contributed by atoms with Gasteiger partial charge in [0.1, 0.15) is 18.2 Å². The fourth-order valence-corrected chi connectivity index (χ4v) is 2.41. The van der Waals surface area contributed by atoms with Gasteiger partial charge in [0.05, 0.1) is 6.61 Å². The smallest absolute Gasteiger partial charge is 0.122 e. The highest BCUT2D eigenvalue weighted by Crippen LogP contribution is 2.16. The Morgan fingerprint density at radius 1 is 1.42 bits per heavy atom. The Kier molecular flexibility index (Phi) is 4.76. The van der Waals surface area contributed by atoms with Crippen molar-refractivity contribution in [2.75, 3.05) is 26.3 Å². The number of ether oxygens (including phenoxy) is 1. The van der Waals surface area contributed by atoms with Crippen LogP contribution in [0.25, 0.3) is 0 Å². The first-order chi connectivity index (χ1) is 9.20. The van der Waals surface area contributed by atoms with Crippen LogP contribution in [0, 0.1) is 5.41 Å². The van der Waals surface area contributed by atoms with E-state index in [1.54, 1.807) is 12.1 Å². The minimum absolute atomic E-state index is 0.0643. The largest absolute Gasteiger partial charge is 0.492 e. The number of rotatable bonds is 6. The van der Waals surface area contributed by atoms with Gasteiger partial charge in [0.25, 0.3) is 0 Å². The Morgan fingerprint density at radius 2 is 2.16 bits per heavy atom. The molecule has 0 bridgehead atoms. The fourth-order valence-electron chi connectivity index (χ4n) is 2.41. The van der Waals surface area contributed by atoms with Crippen molar-refractivity contribution < 1.29 is 9.84 Å². The average molecular weight is 263 g/mol. The highest BCUT2D eigenvalue weighted by molar-refractivity contribution is 5.94. The van der Waals surface area contributed by atoms with Gasteiger partial charge in [-0.3, -0.25) is 10.3 Å². The third kappa shape index (κ3) is 3.68. The maximum absolute atomic E-state index is 9.22. The van der Waals surface area contributed by atoms with E-state index >= 15 is 0 Å². The molecule has 4 N–H and O–H groups in total. The number of amidine groups is 1. The number of nitrogens with zero attached hydrogens (tertiary/aromatic N) is 1. The summed E-state index contributed by atoms with van der Waals surface area (Å²) in [6.45, 7) is 2.71. The first-order valence-corrected chi connectivity index (χ1v) is 6.63. The molecule has 1 aliphatic rings. The van der Waals surface area contributed by atoms with Gasteiger partial charge in [-0.15, -0.1) is 0 Å². The Bertz CT molecular complexity index is 419.